The van der Waals surface area contributed by atoms with E-state index in [4.69, 9.17) is 11.6 Å². The third-order valence-electron chi connectivity index (χ3n) is 2.08. The molecule has 1 aromatic heterocycles. The molecule has 2 N–H and O–H groups in total. The van der Waals surface area contributed by atoms with E-state index in [1.807, 2.05) is 0 Å². The highest BCUT2D eigenvalue weighted by molar-refractivity contribution is 7.98. The normalized spacial score (nSPS) is 10.5. The van der Waals surface area contributed by atoms with E-state index >= 15 is 0 Å². The van der Waals surface area contributed by atoms with Crippen molar-refractivity contribution in [2.24, 2.45) is 0 Å². The van der Waals surface area contributed by atoms with E-state index in [9.17, 15) is 14.9 Å². The minimum absolute atomic E-state index is 0.0227. The fourth-order valence-corrected chi connectivity index (χ4v) is 2.32. The number of H-pyrrole nitrogens is 2. The topological polar surface area (TPSA) is 105 Å². The summed E-state index contributed by atoms with van der Waals surface area (Å²) in [7, 11) is 0. The van der Waals surface area contributed by atoms with Gasteiger partial charge in [-0.05, 0) is 11.6 Å². The highest BCUT2D eigenvalue weighted by atomic mass is 35.5. The summed E-state index contributed by atoms with van der Waals surface area (Å²) in [6.45, 7) is 0. The van der Waals surface area contributed by atoms with Crippen LogP contribution in [0.2, 0.25) is 5.02 Å². The molecule has 0 radical (unpaired) electrons. The molecule has 0 spiro atoms. The van der Waals surface area contributed by atoms with Crippen LogP contribution in [-0.2, 0) is 5.75 Å². The SMILES string of the molecule is O=c1[nH]nc(SCc2cc([N+](=O)[O-])ccc2Cl)[nH]1. The molecule has 94 valence electrons. The van der Waals surface area contributed by atoms with E-state index in [1.165, 1.54) is 30.0 Å². The van der Waals surface area contributed by atoms with Gasteiger partial charge >= 0.3 is 5.69 Å². The average Bonchev–Trinajstić information content (AvgIpc) is 2.74. The average molecular weight is 287 g/mol. The summed E-state index contributed by atoms with van der Waals surface area (Å²) >= 11 is 7.16. The summed E-state index contributed by atoms with van der Waals surface area (Å²) in [5.74, 6) is 0.376. The van der Waals surface area contributed by atoms with E-state index < -0.39 is 10.6 Å². The zero-order valence-electron chi connectivity index (χ0n) is 8.84. The van der Waals surface area contributed by atoms with Crippen LogP contribution in [0.15, 0.2) is 28.2 Å². The molecule has 18 heavy (non-hydrogen) atoms. The Morgan fingerprint density at radius 2 is 2.28 bits per heavy atom. The number of rotatable bonds is 4. The van der Waals surface area contributed by atoms with E-state index in [0.29, 0.717) is 21.5 Å². The molecule has 2 aromatic rings. The molecule has 1 heterocycles. The van der Waals surface area contributed by atoms with Crippen LogP contribution in [0.5, 0.6) is 0 Å². The van der Waals surface area contributed by atoms with Gasteiger partial charge in [0.15, 0.2) is 5.16 Å². The van der Waals surface area contributed by atoms with Crippen molar-refractivity contribution in [3.63, 3.8) is 0 Å². The lowest BCUT2D eigenvalue weighted by molar-refractivity contribution is -0.384. The third kappa shape index (κ3) is 2.90. The highest BCUT2D eigenvalue weighted by Crippen LogP contribution is 2.27. The number of thioether (sulfide) groups is 1. The smallest absolute Gasteiger partial charge is 0.284 e. The summed E-state index contributed by atoms with van der Waals surface area (Å²) in [5.41, 5.74) is 0.188. The molecule has 0 unspecified atom stereocenters. The minimum atomic E-state index is -0.485. The lowest BCUT2D eigenvalue weighted by Gasteiger charge is -2.02. The summed E-state index contributed by atoms with van der Waals surface area (Å²) in [6, 6.07) is 4.22. The van der Waals surface area contributed by atoms with Crippen LogP contribution in [0.25, 0.3) is 0 Å². The molecule has 0 atom stereocenters. The molecule has 7 nitrogen and oxygen atoms in total. The first kappa shape index (κ1) is 12.7. The molecule has 2 rings (SSSR count). The maximum Gasteiger partial charge on any atom is 0.341 e. The van der Waals surface area contributed by atoms with E-state index in [-0.39, 0.29) is 5.69 Å². The first-order valence-electron chi connectivity index (χ1n) is 4.76. The number of halogens is 1. The monoisotopic (exact) mass is 286 g/mol. The van der Waals surface area contributed by atoms with Crippen molar-refractivity contribution in [1.29, 1.82) is 0 Å². The van der Waals surface area contributed by atoms with Crippen LogP contribution in [-0.4, -0.2) is 20.1 Å². The molecule has 9 heteroatoms. The van der Waals surface area contributed by atoms with Gasteiger partial charge in [0.1, 0.15) is 0 Å². The van der Waals surface area contributed by atoms with Crippen molar-refractivity contribution in [2.75, 3.05) is 0 Å². The Morgan fingerprint density at radius 3 is 2.89 bits per heavy atom. The first-order chi connectivity index (χ1) is 8.56. The van der Waals surface area contributed by atoms with Crippen molar-refractivity contribution in [3.8, 4) is 0 Å². The lowest BCUT2D eigenvalue weighted by atomic mass is 10.2. The van der Waals surface area contributed by atoms with Gasteiger partial charge in [-0.3, -0.25) is 15.1 Å². The first-order valence-corrected chi connectivity index (χ1v) is 6.13. The molecule has 0 aliphatic heterocycles. The van der Waals surface area contributed by atoms with Crippen LogP contribution in [0.4, 0.5) is 5.69 Å². The van der Waals surface area contributed by atoms with Crippen LogP contribution in [0, 0.1) is 10.1 Å². The second kappa shape index (κ2) is 5.23. The van der Waals surface area contributed by atoms with Crippen LogP contribution in [0.3, 0.4) is 0 Å². The summed E-state index contributed by atoms with van der Waals surface area (Å²) in [4.78, 5) is 23.4. The Hall–Kier alpha value is -1.80. The zero-order chi connectivity index (χ0) is 13.1. The van der Waals surface area contributed by atoms with Gasteiger partial charge in [-0.15, -0.1) is 5.10 Å². The Balaban J connectivity index is 2.15. The number of hydrogen-bond donors (Lipinski definition) is 2. The summed E-state index contributed by atoms with van der Waals surface area (Å²) in [5, 5.41) is 17.4. The van der Waals surface area contributed by atoms with Crippen molar-refractivity contribution >= 4 is 29.1 Å². The molecule has 0 aliphatic rings. The number of benzene rings is 1. The van der Waals surface area contributed by atoms with Crippen molar-refractivity contribution < 1.29 is 4.92 Å². The molecule has 0 fully saturated rings. The van der Waals surface area contributed by atoms with Gasteiger partial charge in [0.2, 0.25) is 0 Å². The Kier molecular flexibility index (Phi) is 3.68. The van der Waals surface area contributed by atoms with Gasteiger partial charge in [-0.25, -0.2) is 9.89 Å². The predicted molar refractivity (Wildman–Crippen MR) is 66.9 cm³/mol. The van der Waals surface area contributed by atoms with Crippen molar-refractivity contribution in [1.82, 2.24) is 15.2 Å². The molecule has 0 saturated heterocycles. The maximum atomic E-state index is 10.8. The molecule has 0 amide bonds. The summed E-state index contributed by atoms with van der Waals surface area (Å²) in [6.07, 6.45) is 0. The number of aromatic amines is 2. The second-order valence-corrected chi connectivity index (χ2v) is 4.68. The van der Waals surface area contributed by atoms with Gasteiger partial charge in [-0.1, -0.05) is 23.4 Å². The third-order valence-corrected chi connectivity index (χ3v) is 3.37. The second-order valence-electron chi connectivity index (χ2n) is 3.30. The van der Waals surface area contributed by atoms with Crippen molar-refractivity contribution in [3.05, 3.63) is 49.4 Å². The summed E-state index contributed by atoms with van der Waals surface area (Å²) < 4.78 is 0. The highest BCUT2D eigenvalue weighted by Gasteiger charge is 2.10. The number of nitrogens with one attached hydrogen (secondary N) is 2. The van der Waals surface area contributed by atoms with Gasteiger partial charge in [0.25, 0.3) is 5.69 Å². The van der Waals surface area contributed by atoms with Crippen LogP contribution >= 0.6 is 23.4 Å². The Bertz CT molecular complexity index is 639. The molecule has 0 aliphatic carbocycles. The van der Waals surface area contributed by atoms with Gasteiger partial charge in [0.05, 0.1) is 4.92 Å². The Labute approximate surface area is 110 Å². The molecule has 1 aromatic carbocycles. The van der Waals surface area contributed by atoms with Crippen molar-refractivity contribution in [2.45, 2.75) is 10.9 Å². The van der Waals surface area contributed by atoms with Gasteiger partial charge in [-0.2, -0.15) is 0 Å². The number of nitro groups is 1. The molecular weight excluding hydrogens is 280 g/mol. The number of nitro benzene ring substituents is 1. The van der Waals surface area contributed by atoms with Gasteiger partial charge < -0.3 is 0 Å². The standard InChI is InChI=1S/C9H7ClN4O3S/c10-7-2-1-6(14(16)17)3-5(7)4-18-9-11-8(15)12-13-9/h1-3H,4H2,(H2,11,12,13,15). The number of hydrogen-bond acceptors (Lipinski definition) is 5. The molecular formula is C9H7ClN4O3S. The van der Waals surface area contributed by atoms with E-state index in [1.54, 1.807) is 0 Å². The quantitative estimate of drug-likeness (QED) is 0.508. The largest absolute Gasteiger partial charge is 0.341 e. The van der Waals surface area contributed by atoms with E-state index in [0.717, 1.165) is 0 Å². The fraction of sp³-hybridized carbons (Fsp3) is 0.111. The number of aromatic nitrogens is 3. The number of non-ortho nitro benzene ring substituents is 1. The zero-order valence-corrected chi connectivity index (χ0v) is 10.4. The van der Waals surface area contributed by atoms with Crippen LogP contribution < -0.4 is 5.69 Å². The maximum absolute atomic E-state index is 10.8. The lowest BCUT2D eigenvalue weighted by Crippen LogP contribution is -2.00. The van der Waals surface area contributed by atoms with Gasteiger partial charge in [0, 0.05) is 22.9 Å². The molecule has 0 saturated carbocycles. The number of nitrogens with zero attached hydrogens (tertiary/aromatic N) is 2. The fourth-order valence-electron chi connectivity index (χ4n) is 1.25. The van der Waals surface area contributed by atoms with E-state index in [2.05, 4.69) is 15.2 Å². The Morgan fingerprint density at radius 1 is 1.50 bits per heavy atom. The minimum Gasteiger partial charge on any atom is -0.284 e. The van der Waals surface area contributed by atoms with Crippen LogP contribution in [0.1, 0.15) is 5.56 Å². The molecule has 0 bridgehead atoms. The predicted octanol–water partition coefficient (Wildman–Crippen LogP) is 1.95.